The van der Waals surface area contributed by atoms with Gasteiger partial charge in [0.1, 0.15) is 10.8 Å². The Labute approximate surface area is 159 Å². The number of nitrogens with zero attached hydrogens (tertiary/aromatic N) is 1. The summed E-state index contributed by atoms with van der Waals surface area (Å²) in [6.07, 6.45) is 0.0584. The van der Waals surface area contributed by atoms with Gasteiger partial charge in [0.15, 0.2) is 0 Å². The quantitative estimate of drug-likeness (QED) is 0.479. The fraction of sp³-hybridized carbons (Fsp3) is 0.105. The number of carbonyl (C=O) groups is 2. The number of benzene rings is 2. The third kappa shape index (κ3) is 4.47. The molecule has 0 aliphatic heterocycles. The van der Waals surface area contributed by atoms with Crippen LogP contribution in [0.1, 0.15) is 16.1 Å². The molecule has 3 rings (SSSR count). The van der Waals surface area contributed by atoms with Crippen molar-refractivity contribution in [1.29, 1.82) is 0 Å². The van der Waals surface area contributed by atoms with Crippen LogP contribution in [0.3, 0.4) is 0 Å². The van der Waals surface area contributed by atoms with E-state index in [1.807, 2.05) is 17.5 Å². The first-order chi connectivity index (χ1) is 12.5. The van der Waals surface area contributed by atoms with Gasteiger partial charge in [-0.05, 0) is 36.4 Å². The molecule has 26 heavy (non-hydrogen) atoms. The van der Waals surface area contributed by atoms with Crippen molar-refractivity contribution in [2.45, 2.75) is 6.42 Å². The maximum Gasteiger partial charge on any atom is 0.337 e. The van der Waals surface area contributed by atoms with Crippen molar-refractivity contribution in [2.75, 3.05) is 7.11 Å². The molecule has 132 valence electrons. The van der Waals surface area contributed by atoms with Crippen LogP contribution in [-0.2, 0) is 16.0 Å². The zero-order chi connectivity index (χ0) is 18.5. The molecule has 0 saturated heterocycles. The summed E-state index contributed by atoms with van der Waals surface area (Å²) in [6.45, 7) is 0. The van der Waals surface area contributed by atoms with Crippen molar-refractivity contribution in [3.63, 3.8) is 0 Å². The lowest BCUT2D eigenvalue weighted by Gasteiger charge is -2.04. The van der Waals surface area contributed by atoms with Crippen LogP contribution < -0.4 is 4.74 Å². The predicted octanol–water partition coefficient (Wildman–Crippen LogP) is 4.40. The van der Waals surface area contributed by atoms with Gasteiger partial charge < -0.3 is 9.47 Å². The highest BCUT2D eigenvalue weighted by Gasteiger charge is 2.12. The number of rotatable bonds is 5. The van der Waals surface area contributed by atoms with Crippen LogP contribution in [0, 0.1) is 0 Å². The third-order valence-electron chi connectivity index (χ3n) is 3.48. The van der Waals surface area contributed by atoms with Crippen LogP contribution in [0.15, 0.2) is 53.9 Å². The Morgan fingerprint density at radius 1 is 1.08 bits per heavy atom. The van der Waals surface area contributed by atoms with E-state index in [2.05, 4.69) is 9.72 Å². The lowest BCUT2D eigenvalue weighted by molar-refractivity contribution is -0.133. The van der Waals surface area contributed by atoms with Crippen molar-refractivity contribution in [1.82, 2.24) is 4.98 Å². The largest absolute Gasteiger partial charge is 0.465 e. The molecule has 0 N–H and O–H groups in total. The Hall–Kier alpha value is -2.70. The molecule has 0 fully saturated rings. The van der Waals surface area contributed by atoms with Crippen LogP contribution in [0.5, 0.6) is 5.75 Å². The van der Waals surface area contributed by atoms with E-state index >= 15 is 0 Å². The van der Waals surface area contributed by atoms with Crippen molar-refractivity contribution in [3.05, 3.63) is 70.2 Å². The molecule has 1 aromatic heterocycles. The van der Waals surface area contributed by atoms with E-state index in [1.54, 1.807) is 24.3 Å². The zero-order valence-electron chi connectivity index (χ0n) is 13.8. The molecule has 0 atom stereocenters. The molecule has 0 amide bonds. The van der Waals surface area contributed by atoms with Crippen LogP contribution in [0.25, 0.3) is 10.6 Å². The van der Waals surface area contributed by atoms with Gasteiger partial charge in [0.2, 0.25) is 0 Å². The van der Waals surface area contributed by atoms with Crippen molar-refractivity contribution in [2.24, 2.45) is 0 Å². The maximum absolute atomic E-state index is 12.1. The van der Waals surface area contributed by atoms with Crippen LogP contribution in [0.2, 0.25) is 5.02 Å². The Balaban J connectivity index is 1.61. The molecule has 0 bridgehead atoms. The van der Waals surface area contributed by atoms with E-state index in [0.717, 1.165) is 10.6 Å². The molecule has 2 aromatic carbocycles. The van der Waals surface area contributed by atoms with E-state index in [1.165, 1.54) is 30.6 Å². The molecule has 1 heterocycles. The van der Waals surface area contributed by atoms with Gasteiger partial charge in [-0.15, -0.1) is 11.3 Å². The number of halogens is 1. The van der Waals surface area contributed by atoms with E-state index in [0.29, 0.717) is 22.0 Å². The summed E-state index contributed by atoms with van der Waals surface area (Å²) in [6, 6.07) is 13.5. The Kier molecular flexibility index (Phi) is 5.65. The van der Waals surface area contributed by atoms with Gasteiger partial charge in [-0.25, -0.2) is 9.78 Å². The van der Waals surface area contributed by atoms with Crippen molar-refractivity contribution >= 4 is 34.9 Å². The number of esters is 2. The number of hydrogen-bond donors (Lipinski definition) is 0. The SMILES string of the molecule is COC(=O)c1ccc(OC(=O)Cc2csc(-c3ccc(Cl)cc3)n2)cc1. The lowest BCUT2D eigenvalue weighted by Crippen LogP contribution is -2.11. The first-order valence-electron chi connectivity index (χ1n) is 7.64. The first-order valence-corrected chi connectivity index (χ1v) is 8.90. The highest BCUT2D eigenvalue weighted by atomic mass is 35.5. The van der Waals surface area contributed by atoms with E-state index in [4.69, 9.17) is 16.3 Å². The minimum Gasteiger partial charge on any atom is -0.465 e. The Morgan fingerprint density at radius 2 is 1.77 bits per heavy atom. The molecular formula is C19H14ClNO4S. The average Bonchev–Trinajstić information content (AvgIpc) is 3.10. The van der Waals surface area contributed by atoms with Crippen molar-refractivity contribution in [3.8, 4) is 16.3 Å². The molecule has 5 nitrogen and oxygen atoms in total. The van der Waals surface area contributed by atoms with Gasteiger partial charge in [-0.1, -0.05) is 23.7 Å². The molecule has 7 heteroatoms. The second kappa shape index (κ2) is 8.12. The number of thiazole rings is 1. The minimum absolute atomic E-state index is 0.0584. The number of ether oxygens (including phenoxy) is 2. The van der Waals surface area contributed by atoms with Gasteiger partial charge >= 0.3 is 11.9 Å². The summed E-state index contributed by atoms with van der Waals surface area (Å²) >= 11 is 7.33. The topological polar surface area (TPSA) is 65.5 Å². The second-order valence-electron chi connectivity index (χ2n) is 5.32. The fourth-order valence-corrected chi connectivity index (χ4v) is 3.16. The molecule has 0 aliphatic rings. The lowest BCUT2D eigenvalue weighted by atomic mass is 10.2. The van der Waals surface area contributed by atoms with Gasteiger partial charge in [0, 0.05) is 16.0 Å². The summed E-state index contributed by atoms with van der Waals surface area (Å²) in [4.78, 5) is 27.9. The second-order valence-corrected chi connectivity index (χ2v) is 6.61. The summed E-state index contributed by atoms with van der Waals surface area (Å²) in [7, 11) is 1.31. The molecule has 0 radical (unpaired) electrons. The normalized spacial score (nSPS) is 10.4. The van der Waals surface area contributed by atoms with Crippen LogP contribution >= 0.6 is 22.9 Å². The van der Waals surface area contributed by atoms with Crippen molar-refractivity contribution < 1.29 is 19.1 Å². The Morgan fingerprint density at radius 3 is 2.42 bits per heavy atom. The maximum atomic E-state index is 12.1. The fourth-order valence-electron chi connectivity index (χ4n) is 2.21. The molecule has 0 spiro atoms. The molecular weight excluding hydrogens is 374 g/mol. The van der Waals surface area contributed by atoms with Gasteiger partial charge in [-0.3, -0.25) is 4.79 Å². The van der Waals surface area contributed by atoms with Crippen LogP contribution in [-0.4, -0.2) is 24.0 Å². The van der Waals surface area contributed by atoms with Crippen LogP contribution in [0.4, 0.5) is 0 Å². The number of hydrogen-bond acceptors (Lipinski definition) is 6. The first kappa shape index (κ1) is 18.1. The van der Waals surface area contributed by atoms with Gasteiger partial charge in [-0.2, -0.15) is 0 Å². The van der Waals surface area contributed by atoms with E-state index in [9.17, 15) is 9.59 Å². The highest BCUT2D eigenvalue weighted by molar-refractivity contribution is 7.13. The molecule has 0 aliphatic carbocycles. The monoisotopic (exact) mass is 387 g/mol. The smallest absolute Gasteiger partial charge is 0.337 e. The molecule has 0 saturated carbocycles. The minimum atomic E-state index is -0.444. The van der Waals surface area contributed by atoms with Gasteiger partial charge in [0.25, 0.3) is 0 Å². The standard InChI is InChI=1S/C19H14ClNO4S/c1-24-19(23)13-4-8-16(9-5-13)25-17(22)10-15-11-26-18(21-15)12-2-6-14(20)7-3-12/h2-9,11H,10H2,1H3. The summed E-state index contributed by atoms with van der Waals surface area (Å²) in [5.74, 6) is -0.514. The summed E-state index contributed by atoms with van der Waals surface area (Å²) in [5.41, 5.74) is 1.97. The Bertz CT molecular complexity index is 919. The zero-order valence-corrected chi connectivity index (χ0v) is 15.3. The van der Waals surface area contributed by atoms with E-state index < -0.39 is 11.9 Å². The number of carbonyl (C=O) groups excluding carboxylic acids is 2. The van der Waals surface area contributed by atoms with Gasteiger partial charge in [0.05, 0.1) is 24.8 Å². The molecule has 0 unspecified atom stereocenters. The average molecular weight is 388 g/mol. The number of aromatic nitrogens is 1. The third-order valence-corrected chi connectivity index (χ3v) is 4.67. The molecule has 3 aromatic rings. The highest BCUT2D eigenvalue weighted by Crippen LogP contribution is 2.25. The van der Waals surface area contributed by atoms with E-state index in [-0.39, 0.29) is 6.42 Å². The summed E-state index contributed by atoms with van der Waals surface area (Å²) in [5, 5.41) is 3.30. The number of methoxy groups -OCH3 is 1. The summed E-state index contributed by atoms with van der Waals surface area (Å²) < 4.78 is 9.89. The predicted molar refractivity (Wildman–Crippen MR) is 99.7 cm³/mol.